The second-order valence-corrected chi connectivity index (χ2v) is 7.31. The van der Waals surface area contributed by atoms with Crippen LogP contribution >= 0.6 is 0 Å². The summed E-state index contributed by atoms with van der Waals surface area (Å²) in [5, 5.41) is 3.34. The molecular weight excluding hydrogens is 234 g/mol. The minimum Gasteiger partial charge on any atom is -0.315 e. The highest BCUT2D eigenvalue weighted by Gasteiger charge is 2.14. The van der Waals surface area contributed by atoms with Gasteiger partial charge in [-0.1, -0.05) is 33.6 Å². The highest BCUT2D eigenvalue weighted by molar-refractivity contribution is 7.91. The Bertz CT molecular complexity index is 275. The predicted molar refractivity (Wildman–Crippen MR) is 75.1 cm³/mol. The van der Waals surface area contributed by atoms with Crippen LogP contribution in [0.5, 0.6) is 0 Å². The Morgan fingerprint density at radius 3 is 2.29 bits per heavy atom. The van der Waals surface area contributed by atoms with Crippen LogP contribution in [0, 0.1) is 5.92 Å². The van der Waals surface area contributed by atoms with Crippen molar-refractivity contribution in [1.29, 1.82) is 0 Å². The van der Waals surface area contributed by atoms with Crippen LogP contribution in [0.4, 0.5) is 0 Å². The van der Waals surface area contributed by atoms with E-state index in [0.29, 0.717) is 23.5 Å². The van der Waals surface area contributed by atoms with Crippen LogP contribution in [-0.2, 0) is 9.84 Å². The molecule has 1 N–H and O–H groups in total. The summed E-state index contributed by atoms with van der Waals surface area (Å²) < 4.78 is 23.5. The fraction of sp³-hybridized carbons (Fsp3) is 1.00. The molecule has 0 aliphatic carbocycles. The molecule has 0 saturated heterocycles. The van der Waals surface area contributed by atoms with Crippen molar-refractivity contribution in [2.24, 2.45) is 5.92 Å². The lowest BCUT2D eigenvalue weighted by molar-refractivity contribution is 0.506. The number of unbranched alkanes of at least 4 members (excludes halogenated alkanes) is 1. The van der Waals surface area contributed by atoms with Gasteiger partial charge in [0.15, 0.2) is 9.84 Å². The molecule has 0 rings (SSSR count). The second kappa shape index (κ2) is 8.92. The van der Waals surface area contributed by atoms with Gasteiger partial charge < -0.3 is 5.32 Å². The van der Waals surface area contributed by atoms with Gasteiger partial charge in [0, 0.05) is 6.04 Å². The second-order valence-electron chi connectivity index (χ2n) is 5.08. The van der Waals surface area contributed by atoms with Crippen LogP contribution in [0.25, 0.3) is 0 Å². The number of nitrogens with one attached hydrogen (secondary N) is 1. The first kappa shape index (κ1) is 16.9. The van der Waals surface area contributed by atoms with Gasteiger partial charge in [0.05, 0.1) is 11.5 Å². The molecule has 0 aliphatic rings. The van der Waals surface area contributed by atoms with Gasteiger partial charge in [-0.25, -0.2) is 8.42 Å². The zero-order valence-corrected chi connectivity index (χ0v) is 12.6. The van der Waals surface area contributed by atoms with E-state index in [2.05, 4.69) is 19.2 Å². The maximum absolute atomic E-state index is 11.8. The largest absolute Gasteiger partial charge is 0.315 e. The van der Waals surface area contributed by atoms with E-state index in [0.717, 1.165) is 32.2 Å². The van der Waals surface area contributed by atoms with E-state index in [1.54, 1.807) is 0 Å². The number of rotatable bonds is 10. The summed E-state index contributed by atoms with van der Waals surface area (Å²) in [6, 6.07) is 0.497. The average molecular weight is 263 g/mol. The molecule has 0 spiro atoms. The molecule has 0 amide bonds. The van der Waals surface area contributed by atoms with Gasteiger partial charge in [-0.15, -0.1) is 0 Å². The van der Waals surface area contributed by atoms with Crippen LogP contribution in [0.1, 0.15) is 53.4 Å². The summed E-state index contributed by atoms with van der Waals surface area (Å²) in [4.78, 5) is 0. The maximum Gasteiger partial charge on any atom is 0.150 e. The minimum absolute atomic E-state index is 0.292. The molecule has 0 saturated carbocycles. The lowest BCUT2D eigenvalue weighted by Crippen LogP contribution is -2.25. The van der Waals surface area contributed by atoms with Gasteiger partial charge >= 0.3 is 0 Å². The number of hydrogen-bond donors (Lipinski definition) is 1. The predicted octanol–water partition coefficient (Wildman–Crippen LogP) is 2.62. The van der Waals surface area contributed by atoms with Gasteiger partial charge in [-0.2, -0.15) is 0 Å². The van der Waals surface area contributed by atoms with Crippen molar-refractivity contribution in [3.8, 4) is 0 Å². The smallest absolute Gasteiger partial charge is 0.150 e. The van der Waals surface area contributed by atoms with Gasteiger partial charge in [0.1, 0.15) is 0 Å². The standard InChI is InChI=1S/C13H29NO2S/c1-5-12(3)11-17(15,16)10-8-7-9-13(4)14-6-2/h12-14H,5-11H2,1-4H3. The Kier molecular flexibility index (Phi) is 8.88. The summed E-state index contributed by atoms with van der Waals surface area (Å²) in [5.41, 5.74) is 0. The van der Waals surface area contributed by atoms with Crippen LogP contribution in [-0.4, -0.2) is 32.5 Å². The van der Waals surface area contributed by atoms with Crippen LogP contribution in [0.2, 0.25) is 0 Å². The van der Waals surface area contributed by atoms with Crippen LogP contribution in [0.3, 0.4) is 0 Å². The van der Waals surface area contributed by atoms with Crippen molar-refractivity contribution in [3.63, 3.8) is 0 Å². The van der Waals surface area contributed by atoms with Crippen molar-refractivity contribution in [2.45, 2.75) is 59.4 Å². The van der Waals surface area contributed by atoms with E-state index < -0.39 is 9.84 Å². The monoisotopic (exact) mass is 263 g/mol. The molecule has 2 unspecified atom stereocenters. The third-order valence-electron chi connectivity index (χ3n) is 3.13. The summed E-state index contributed by atoms with van der Waals surface area (Å²) in [6.07, 6.45) is 3.80. The van der Waals surface area contributed by atoms with Crippen LogP contribution < -0.4 is 5.32 Å². The first-order valence-electron chi connectivity index (χ1n) is 6.85. The fourth-order valence-electron chi connectivity index (χ4n) is 1.86. The zero-order chi connectivity index (χ0) is 13.3. The molecule has 2 atom stereocenters. The SMILES string of the molecule is CCNC(C)CCCCS(=O)(=O)CC(C)CC. The summed E-state index contributed by atoms with van der Waals surface area (Å²) in [7, 11) is -2.82. The van der Waals surface area contributed by atoms with Gasteiger partial charge in [0.25, 0.3) is 0 Å². The third-order valence-corrected chi connectivity index (χ3v) is 5.12. The van der Waals surface area contributed by atoms with Crippen LogP contribution in [0.15, 0.2) is 0 Å². The summed E-state index contributed by atoms with van der Waals surface area (Å²) >= 11 is 0. The zero-order valence-electron chi connectivity index (χ0n) is 11.8. The van der Waals surface area contributed by atoms with Crippen molar-refractivity contribution in [3.05, 3.63) is 0 Å². The van der Waals surface area contributed by atoms with E-state index in [-0.39, 0.29) is 0 Å². The van der Waals surface area contributed by atoms with Crippen molar-refractivity contribution >= 4 is 9.84 Å². The Morgan fingerprint density at radius 1 is 1.12 bits per heavy atom. The topological polar surface area (TPSA) is 46.2 Å². The van der Waals surface area contributed by atoms with E-state index in [4.69, 9.17) is 0 Å². The van der Waals surface area contributed by atoms with Gasteiger partial charge in [-0.05, 0) is 32.2 Å². The van der Waals surface area contributed by atoms with Crippen molar-refractivity contribution in [2.75, 3.05) is 18.1 Å². The quantitative estimate of drug-likeness (QED) is 0.616. The molecule has 104 valence electrons. The summed E-state index contributed by atoms with van der Waals surface area (Å²) in [6.45, 7) is 9.26. The molecule has 0 bridgehead atoms. The normalized spacial score (nSPS) is 15.8. The maximum atomic E-state index is 11.8. The number of sulfone groups is 1. The molecule has 4 heteroatoms. The molecule has 3 nitrogen and oxygen atoms in total. The lowest BCUT2D eigenvalue weighted by Gasteiger charge is -2.12. The Morgan fingerprint density at radius 2 is 1.76 bits per heavy atom. The van der Waals surface area contributed by atoms with E-state index >= 15 is 0 Å². The minimum atomic E-state index is -2.82. The van der Waals surface area contributed by atoms with Crippen molar-refractivity contribution in [1.82, 2.24) is 5.32 Å². The fourth-order valence-corrected chi connectivity index (χ4v) is 3.77. The molecule has 0 aromatic rings. The molecule has 0 fully saturated rings. The highest BCUT2D eigenvalue weighted by atomic mass is 32.2. The summed E-state index contributed by atoms with van der Waals surface area (Å²) in [5.74, 6) is 1.00. The molecule has 0 radical (unpaired) electrons. The van der Waals surface area contributed by atoms with E-state index in [1.165, 1.54) is 0 Å². The first-order chi connectivity index (χ1) is 7.91. The lowest BCUT2D eigenvalue weighted by atomic mass is 10.1. The molecule has 0 aromatic heterocycles. The molecule has 0 heterocycles. The molecular formula is C13H29NO2S. The van der Waals surface area contributed by atoms with Crippen molar-refractivity contribution < 1.29 is 8.42 Å². The molecule has 0 aromatic carbocycles. The van der Waals surface area contributed by atoms with Gasteiger partial charge in [0.2, 0.25) is 0 Å². The molecule has 0 aliphatic heterocycles. The molecule has 17 heavy (non-hydrogen) atoms. The Hall–Kier alpha value is -0.0900. The van der Waals surface area contributed by atoms with Gasteiger partial charge in [-0.3, -0.25) is 0 Å². The Labute approximate surface area is 107 Å². The Balaban J connectivity index is 3.73. The third kappa shape index (κ3) is 9.60. The van der Waals surface area contributed by atoms with E-state index in [1.807, 2.05) is 13.8 Å². The average Bonchev–Trinajstić information content (AvgIpc) is 2.24. The number of hydrogen-bond acceptors (Lipinski definition) is 3. The highest BCUT2D eigenvalue weighted by Crippen LogP contribution is 2.09. The first-order valence-corrected chi connectivity index (χ1v) is 8.67. The van der Waals surface area contributed by atoms with E-state index in [9.17, 15) is 8.42 Å².